The van der Waals surface area contributed by atoms with Crippen LogP contribution >= 0.6 is 27.7 Å². The molecule has 6 heteroatoms. The Kier molecular flexibility index (Phi) is 5.35. The number of hydrogen-bond donors (Lipinski definition) is 1. The third kappa shape index (κ3) is 4.25. The Hall–Kier alpha value is -0.980. The number of anilines is 1. The average molecular weight is 386 g/mol. The van der Waals surface area contributed by atoms with Crippen LogP contribution in [0.2, 0.25) is 0 Å². The second-order valence-electron chi connectivity index (χ2n) is 4.59. The lowest BCUT2D eigenvalue weighted by Crippen LogP contribution is -2.08. The maximum Gasteiger partial charge on any atom is 0.179 e. The first kappa shape index (κ1) is 16.4. The van der Waals surface area contributed by atoms with Gasteiger partial charge >= 0.3 is 0 Å². The van der Waals surface area contributed by atoms with Gasteiger partial charge in [0.25, 0.3) is 0 Å². The van der Waals surface area contributed by atoms with Crippen molar-refractivity contribution < 1.29 is 8.42 Å². The number of benzene rings is 2. The summed E-state index contributed by atoms with van der Waals surface area (Å²) in [6.07, 6.45) is 0. The van der Waals surface area contributed by atoms with Crippen molar-refractivity contribution in [3.8, 4) is 0 Å². The summed E-state index contributed by atoms with van der Waals surface area (Å²) in [5.74, 6) is 0.607. The molecule has 0 bridgehead atoms. The minimum Gasteiger partial charge on any atom is -0.398 e. The fraction of sp³-hybridized carbons (Fsp3) is 0.200. The highest BCUT2D eigenvalue weighted by atomic mass is 79.9. The first-order valence-corrected chi connectivity index (χ1v) is 9.79. The van der Waals surface area contributed by atoms with Gasteiger partial charge in [-0.2, -0.15) is 0 Å². The van der Waals surface area contributed by atoms with Crippen LogP contribution < -0.4 is 5.73 Å². The molecule has 0 unspecified atom stereocenters. The lowest BCUT2D eigenvalue weighted by atomic mass is 10.2. The van der Waals surface area contributed by atoms with Gasteiger partial charge in [0, 0.05) is 20.8 Å². The number of thioether (sulfide) groups is 1. The van der Waals surface area contributed by atoms with Crippen LogP contribution in [0.4, 0.5) is 5.69 Å². The van der Waals surface area contributed by atoms with E-state index in [0.717, 1.165) is 20.6 Å². The predicted octanol–water partition coefficient (Wildman–Crippen LogP) is 3.91. The monoisotopic (exact) mass is 385 g/mol. The zero-order chi connectivity index (χ0) is 15.5. The van der Waals surface area contributed by atoms with Gasteiger partial charge in [-0.25, -0.2) is 8.42 Å². The first-order chi connectivity index (χ1) is 9.90. The van der Waals surface area contributed by atoms with Gasteiger partial charge in [0.1, 0.15) is 0 Å². The fourth-order valence-electron chi connectivity index (χ4n) is 1.81. The largest absolute Gasteiger partial charge is 0.398 e. The van der Waals surface area contributed by atoms with Gasteiger partial charge < -0.3 is 5.73 Å². The number of nitrogen functional groups attached to an aromatic ring is 1. The summed E-state index contributed by atoms with van der Waals surface area (Å²) in [5.41, 5.74) is 7.58. The van der Waals surface area contributed by atoms with Gasteiger partial charge in [-0.15, -0.1) is 11.8 Å². The molecule has 2 aromatic rings. The van der Waals surface area contributed by atoms with Crippen LogP contribution in [0.15, 0.2) is 56.7 Å². The molecular weight excluding hydrogens is 370 g/mol. The summed E-state index contributed by atoms with van der Waals surface area (Å²) < 4.78 is 25.3. The molecule has 0 aromatic heterocycles. The summed E-state index contributed by atoms with van der Waals surface area (Å²) in [4.78, 5) is 1.39. The Bertz CT molecular complexity index is 728. The maximum absolute atomic E-state index is 12.2. The zero-order valence-electron chi connectivity index (χ0n) is 11.5. The van der Waals surface area contributed by atoms with Crippen LogP contribution in [0.5, 0.6) is 0 Å². The smallest absolute Gasteiger partial charge is 0.179 e. The standard InChI is InChI=1S/C15H16BrNO2S2/c1-11-14(17)3-2-4-15(11)20-9-10-21(18,19)13-7-5-12(16)6-8-13/h2-8H,9-10,17H2,1H3. The zero-order valence-corrected chi connectivity index (χ0v) is 14.8. The van der Waals surface area contributed by atoms with E-state index in [2.05, 4.69) is 15.9 Å². The van der Waals surface area contributed by atoms with Gasteiger partial charge in [-0.1, -0.05) is 22.0 Å². The number of halogens is 1. The van der Waals surface area contributed by atoms with E-state index in [-0.39, 0.29) is 5.75 Å². The Labute approximate surface area is 138 Å². The minimum atomic E-state index is -3.24. The topological polar surface area (TPSA) is 60.2 Å². The highest BCUT2D eigenvalue weighted by Gasteiger charge is 2.14. The molecule has 0 atom stereocenters. The lowest BCUT2D eigenvalue weighted by Gasteiger charge is -2.08. The van der Waals surface area contributed by atoms with Crippen LogP contribution in [0.25, 0.3) is 0 Å². The van der Waals surface area contributed by atoms with Crippen molar-refractivity contribution in [3.63, 3.8) is 0 Å². The van der Waals surface area contributed by atoms with Crippen molar-refractivity contribution in [2.24, 2.45) is 0 Å². The van der Waals surface area contributed by atoms with Crippen molar-refractivity contribution in [1.82, 2.24) is 0 Å². The molecule has 0 aliphatic heterocycles. The highest BCUT2D eigenvalue weighted by molar-refractivity contribution is 9.10. The third-order valence-electron chi connectivity index (χ3n) is 3.11. The Balaban J connectivity index is 2.02. The Morgan fingerprint density at radius 2 is 1.81 bits per heavy atom. The van der Waals surface area contributed by atoms with E-state index in [4.69, 9.17) is 5.73 Å². The third-order valence-corrected chi connectivity index (χ3v) is 6.79. The molecule has 0 fully saturated rings. The summed E-state index contributed by atoms with van der Waals surface area (Å²) in [5, 5.41) is 0. The van der Waals surface area contributed by atoms with Gasteiger partial charge in [0.15, 0.2) is 9.84 Å². The van der Waals surface area contributed by atoms with Crippen molar-refractivity contribution in [3.05, 3.63) is 52.5 Å². The van der Waals surface area contributed by atoms with Gasteiger partial charge in [-0.05, 0) is 48.9 Å². The van der Waals surface area contributed by atoms with Crippen molar-refractivity contribution in [2.45, 2.75) is 16.7 Å². The van der Waals surface area contributed by atoms with E-state index in [1.165, 1.54) is 11.8 Å². The predicted molar refractivity (Wildman–Crippen MR) is 92.5 cm³/mol. The average Bonchev–Trinajstić information content (AvgIpc) is 2.44. The number of hydrogen-bond acceptors (Lipinski definition) is 4. The molecule has 21 heavy (non-hydrogen) atoms. The lowest BCUT2D eigenvalue weighted by molar-refractivity contribution is 0.597. The maximum atomic E-state index is 12.2. The molecule has 2 aromatic carbocycles. The second kappa shape index (κ2) is 6.85. The van der Waals surface area contributed by atoms with E-state index in [1.807, 2.05) is 25.1 Å². The molecule has 0 saturated heterocycles. The van der Waals surface area contributed by atoms with Gasteiger partial charge in [0.05, 0.1) is 10.6 Å². The molecule has 0 radical (unpaired) electrons. The molecule has 3 nitrogen and oxygen atoms in total. The Morgan fingerprint density at radius 1 is 1.14 bits per heavy atom. The van der Waals surface area contributed by atoms with E-state index in [1.54, 1.807) is 24.3 Å². The first-order valence-electron chi connectivity index (χ1n) is 6.36. The molecule has 112 valence electrons. The van der Waals surface area contributed by atoms with Gasteiger partial charge in [-0.3, -0.25) is 0 Å². The van der Waals surface area contributed by atoms with E-state index < -0.39 is 9.84 Å². The number of rotatable bonds is 5. The SMILES string of the molecule is Cc1c(N)cccc1SCCS(=O)(=O)c1ccc(Br)cc1. The van der Waals surface area contributed by atoms with Crippen LogP contribution in [0.1, 0.15) is 5.56 Å². The molecule has 0 saturated carbocycles. The quantitative estimate of drug-likeness (QED) is 0.625. The summed E-state index contributed by atoms with van der Waals surface area (Å²) >= 11 is 4.82. The normalized spacial score (nSPS) is 11.5. The summed E-state index contributed by atoms with van der Waals surface area (Å²) in [6, 6.07) is 12.4. The molecule has 0 spiro atoms. The molecular formula is C15H16BrNO2S2. The van der Waals surface area contributed by atoms with Crippen LogP contribution in [-0.2, 0) is 9.84 Å². The summed E-state index contributed by atoms with van der Waals surface area (Å²) in [6.45, 7) is 1.95. The van der Waals surface area contributed by atoms with E-state index >= 15 is 0 Å². The molecule has 0 heterocycles. The second-order valence-corrected chi connectivity index (χ2v) is 8.75. The highest BCUT2D eigenvalue weighted by Crippen LogP contribution is 2.27. The van der Waals surface area contributed by atoms with Crippen LogP contribution in [-0.4, -0.2) is 19.9 Å². The van der Waals surface area contributed by atoms with Crippen LogP contribution in [0.3, 0.4) is 0 Å². The van der Waals surface area contributed by atoms with Crippen molar-refractivity contribution in [2.75, 3.05) is 17.2 Å². The van der Waals surface area contributed by atoms with Gasteiger partial charge in [0.2, 0.25) is 0 Å². The molecule has 0 aliphatic rings. The van der Waals surface area contributed by atoms with Crippen molar-refractivity contribution >= 4 is 43.2 Å². The molecule has 0 aliphatic carbocycles. The van der Waals surface area contributed by atoms with Crippen LogP contribution in [0, 0.1) is 6.92 Å². The molecule has 2 rings (SSSR count). The molecule has 2 N–H and O–H groups in total. The minimum absolute atomic E-state index is 0.105. The molecule has 0 amide bonds. The number of nitrogens with two attached hydrogens (primary N) is 1. The van der Waals surface area contributed by atoms with E-state index in [0.29, 0.717) is 10.6 Å². The van der Waals surface area contributed by atoms with Crippen molar-refractivity contribution in [1.29, 1.82) is 0 Å². The Morgan fingerprint density at radius 3 is 2.48 bits per heavy atom. The number of sulfone groups is 1. The van der Waals surface area contributed by atoms with E-state index in [9.17, 15) is 8.42 Å². The fourth-order valence-corrected chi connectivity index (χ4v) is 4.80. The summed E-state index contributed by atoms with van der Waals surface area (Å²) in [7, 11) is -3.24.